The van der Waals surface area contributed by atoms with E-state index in [2.05, 4.69) is 15.3 Å². The average Bonchev–Trinajstić information content (AvgIpc) is 2.32. The maximum Gasteiger partial charge on any atom is 0.253 e. The molecule has 0 amide bonds. The number of halogens is 1. The second kappa shape index (κ2) is 6.10. The van der Waals surface area contributed by atoms with E-state index in [0.29, 0.717) is 10.2 Å². The lowest BCUT2D eigenvalue weighted by atomic mass is 10.2. The maximum absolute atomic E-state index is 11.3. The summed E-state index contributed by atoms with van der Waals surface area (Å²) in [6.07, 6.45) is 0. The number of nitrogens with one attached hydrogen (secondary N) is 2. The minimum absolute atomic E-state index is 0.189. The molecule has 19 heavy (non-hydrogen) atoms. The van der Waals surface area contributed by atoms with Gasteiger partial charge in [0.25, 0.3) is 5.56 Å². The predicted octanol–water partition coefficient (Wildman–Crippen LogP) is 1.88. The molecule has 0 atom stereocenters. The number of nitrogens with two attached hydrogens (primary N) is 1. The lowest BCUT2D eigenvalue weighted by Gasteiger charge is -2.06. The fraction of sp³-hybridized carbons (Fsp3) is 0.167. The number of benzene rings is 1. The van der Waals surface area contributed by atoms with E-state index in [0.717, 1.165) is 17.0 Å². The topological polar surface area (TPSA) is 83.8 Å². The molecule has 7 heteroatoms. The van der Waals surface area contributed by atoms with Crippen molar-refractivity contribution in [3.05, 3.63) is 45.2 Å². The van der Waals surface area contributed by atoms with Crippen LogP contribution in [0.25, 0.3) is 0 Å². The summed E-state index contributed by atoms with van der Waals surface area (Å²) in [5.74, 6) is 0.189. The van der Waals surface area contributed by atoms with Crippen molar-refractivity contribution in [3.8, 4) is 0 Å². The molecule has 0 aliphatic heterocycles. The van der Waals surface area contributed by atoms with Crippen molar-refractivity contribution in [2.45, 2.75) is 16.6 Å². The van der Waals surface area contributed by atoms with Crippen molar-refractivity contribution in [1.82, 2.24) is 15.3 Å². The zero-order valence-corrected chi connectivity index (χ0v) is 11.8. The Morgan fingerprint density at radius 3 is 2.89 bits per heavy atom. The van der Waals surface area contributed by atoms with Gasteiger partial charge in [0.1, 0.15) is 5.82 Å². The molecule has 0 spiro atoms. The van der Waals surface area contributed by atoms with Gasteiger partial charge in [-0.1, -0.05) is 29.4 Å². The first-order valence-electron chi connectivity index (χ1n) is 5.56. The van der Waals surface area contributed by atoms with Crippen molar-refractivity contribution < 1.29 is 0 Å². The largest absolute Gasteiger partial charge is 0.383 e. The molecule has 100 valence electrons. The summed E-state index contributed by atoms with van der Waals surface area (Å²) in [7, 11) is 1.87. The molecule has 4 N–H and O–H groups in total. The fourth-order valence-corrected chi connectivity index (χ4v) is 2.67. The second-order valence-electron chi connectivity index (χ2n) is 3.87. The predicted molar refractivity (Wildman–Crippen MR) is 77.6 cm³/mol. The zero-order chi connectivity index (χ0) is 13.8. The van der Waals surface area contributed by atoms with Crippen LogP contribution < -0.4 is 16.6 Å². The van der Waals surface area contributed by atoms with E-state index < -0.39 is 0 Å². The molecular formula is C12H13ClN4OS. The van der Waals surface area contributed by atoms with E-state index in [4.69, 9.17) is 17.3 Å². The van der Waals surface area contributed by atoms with Crippen molar-refractivity contribution in [3.63, 3.8) is 0 Å². The van der Waals surface area contributed by atoms with Crippen LogP contribution in [-0.4, -0.2) is 17.0 Å². The van der Waals surface area contributed by atoms with Crippen molar-refractivity contribution >= 4 is 29.2 Å². The molecule has 1 aromatic heterocycles. The third-order valence-electron chi connectivity index (χ3n) is 2.32. The van der Waals surface area contributed by atoms with E-state index in [1.165, 1.54) is 17.8 Å². The molecule has 2 rings (SSSR count). The fourth-order valence-electron chi connectivity index (χ4n) is 1.55. The Bertz CT molecular complexity index is 644. The summed E-state index contributed by atoms with van der Waals surface area (Å²) in [5.41, 5.74) is 6.34. The highest BCUT2D eigenvalue weighted by molar-refractivity contribution is 7.99. The molecule has 0 saturated heterocycles. The lowest BCUT2D eigenvalue weighted by molar-refractivity contribution is 0.817. The van der Waals surface area contributed by atoms with E-state index in [1.54, 1.807) is 0 Å². The Kier molecular flexibility index (Phi) is 4.47. The van der Waals surface area contributed by atoms with Crippen molar-refractivity contribution in [2.75, 3.05) is 12.8 Å². The Morgan fingerprint density at radius 1 is 1.47 bits per heavy atom. The number of nitrogens with zero attached hydrogens (tertiary/aromatic N) is 1. The van der Waals surface area contributed by atoms with Crippen LogP contribution in [0.4, 0.5) is 5.82 Å². The maximum atomic E-state index is 11.3. The summed E-state index contributed by atoms with van der Waals surface area (Å²) < 4.78 is 0. The Hall–Kier alpha value is -1.50. The molecule has 1 aromatic carbocycles. The summed E-state index contributed by atoms with van der Waals surface area (Å²) >= 11 is 7.47. The molecule has 0 aliphatic carbocycles. The zero-order valence-electron chi connectivity index (χ0n) is 10.2. The number of aromatic nitrogens is 2. The third kappa shape index (κ3) is 3.73. The number of hydrogen-bond acceptors (Lipinski definition) is 5. The minimum atomic E-state index is -0.280. The van der Waals surface area contributed by atoms with Gasteiger partial charge in [0.05, 0.1) is 5.02 Å². The number of nitrogen functional groups attached to an aromatic ring is 1. The number of hydrogen-bond donors (Lipinski definition) is 3. The monoisotopic (exact) mass is 296 g/mol. The smallest absolute Gasteiger partial charge is 0.253 e. The Morgan fingerprint density at radius 2 is 2.26 bits per heavy atom. The van der Waals surface area contributed by atoms with E-state index in [-0.39, 0.29) is 11.4 Å². The van der Waals surface area contributed by atoms with Crippen molar-refractivity contribution in [2.24, 2.45) is 0 Å². The van der Waals surface area contributed by atoms with Gasteiger partial charge in [-0.05, 0) is 24.7 Å². The van der Waals surface area contributed by atoms with Crippen molar-refractivity contribution in [1.29, 1.82) is 0 Å². The first-order chi connectivity index (χ1) is 9.08. The van der Waals surface area contributed by atoms with E-state index in [9.17, 15) is 4.79 Å². The molecule has 0 radical (unpaired) electrons. The molecule has 1 heterocycles. The van der Waals surface area contributed by atoms with Gasteiger partial charge in [-0.25, -0.2) is 4.98 Å². The molecular weight excluding hydrogens is 284 g/mol. The van der Waals surface area contributed by atoms with Crippen LogP contribution in [0.5, 0.6) is 0 Å². The molecule has 5 nitrogen and oxygen atoms in total. The normalized spacial score (nSPS) is 10.6. The Labute approximate surface area is 119 Å². The SMILES string of the molecule is CNCc1ccc(Sc2nc(N)cc(=O)[nH]2)c(Cl)c1. The van der Waals surface area contributed by atoms with Crippen LogP contribution in [-0.2, 0) is 6.54 Å². The van der Waals surface area contributed by atoms with Gasteiger partial charge in [0.15, 0.2) is 5.16 Å². The van der Waals surface area contributed by atoms with Gasteiger partial charge >= 0.3 is 0 Å². The summed E-state index contributed by atoms with van der Waals surface area (Å²) in [6, 6.07) is 6.98. The quantitative estimate of drug-likeness (QED) is 0.750. The van der Waals surface area contributed by atoms with Crippen LogP contribution in [0.2, 0.25) is 5.02 Å². The van der Waals surface area contributed by atoms with E-state index in [1.807, 2.05) is 25.2 Å². The number of anilines is 1. The highest BCUT2D eigenvalue weighted by Crippen LogP contribution is 2.31. The summed E-state index contributed by atoms with van der Waals surface area (Å²) in [5, 5.41) is 4.09. The standard InChI is InChI=1S/C12H13ClN4OS/c1-15-6-7-2-3-9(8(13)4-7)19-12-16-10(14)5-11(18)17-12/h2-5,15H,6H2,1H3,(H3,14,16,17,18). The van der Waals surface area contributed by atoms with Gasteiger partial charge < -0.3 is 16.0 Å². The van der Waals surface area contributed by atoms with Gasteiger partial charge in [-0.2, -0.15) is 0 Å². The molecule has 2 aromatic rings. The molecule has 0 fully saturated rings. The van der Waals surface area contributed by atoms with Gasteiger partial charge in [-0.3, -0.25) is 4.79 Å². The average molecular weight is 297 g/mol. The molecule has 0 aliphatic rings. The van der Waals surface area contributed by atoms with Gasteiger partial charge in [0.2, 0.25) is 0 Å². The highest BCUT2D eigenvalue weighted by atomic mass is 35.5. The number of H-pyrrole nitrogens is 1. The summed E-state index contributed by atoms with van der Waals surface area (Å²) in [4.78, 5) is 18.8. The van der Waals surface area contributed by atoms with Crippen LogP contribution >= 0.6 is 23.4 Å². The number of rotatable bonds is 4. The van der Waals surface area contributed by atoms with E-state index >= 15 is 0 Å². The van der Waals surface area contributed by atoms with Crippen LogP contribution in [0, 0.1) is 0 Å². The highest BCUT2D eigenvalue weighted by Gasteiger charge is 2.06. The first kappa shape index (κ1) is 13.9. The van der Waals surface area contributed by atoms with Crippen LogP contribution in [0.1, 0.15) is 5.56 Å². The van der Waals surface area contributed by atoms with Crippen LogP contribution in [0.3, 0.4) is 0 Å². The van der Waals surface area contributed by atoms with Gasteiger partial charge in [-0.15, -0.1) is 0 Å². The molecule has 0 bridgehead atoms. The molecule has 0 saturated carbocycles. The number of aromatic amines is 1. The van der Waals surface area contributed by atoms with Crippen LogP contribution in [0.15, 0.2) is 39.1 Å². The lowest BCUT2D eigenvalue weighted by Crippen LogP contribution is -2.09. The minimum Gasteiger partial charge on any atom is -0.383 e. The van der Waals surface area contributed by atoms with Gasteiger partial charge in [0, 0.05) is 17.5 Å². The second-order valence-corrected chi connectivity index (χ2v) is 5.31. The summed E-state index contributed by atoms with van der Waals surface area (Å²) in [6.45, 7) is 0.748. The third-order valence-corrected chi connectivity index (χ3v) is 3.71. The molecule has 0 unspecified atom stereocenters. The Balaban J connectivity index is 2.25. The first-order valence-corrected chi connectivity index (χ1v) is 6.75.